The van der Waals surface area contributed by atoms with E-state index in [4.69, 9.17) is 19.5 Å². The molecular weight excluding hydrogens is 409 g/mol. The zero-order chi connectivity index (χ0) is 22.2. The molecule has 2 unspecified atom stereocenters. The topological polar surface area (TPSA) is 131 Å². The van der Waals surface area contributed by atoms with Gasteiger partial charge in [-0.3, -0.25) is 13.9 Å². The second kappa shape index (κ2) is 8.24. The molecule has 2 heterocycles. The SMILES string of the molecule is [CH2]OP(=O)(CC(C)C1(Cn2cnc3c(N)ncnc32)CC1)OCOC(=O)C(C)(C)C. The number of aromatic nitrogens is 4. The highest BCUT2D eigenvalue weighted by atomic mass is 31.2. The first kappa shape index (κ1) is 22.7. The molecule has 1 aliphatic rings. The van der Waals surface area contributed by atoms with Crippen LogP contribution < -0.4 is 5.73 Å². The minimum atomic E-state index is -3.53. The van der Waals surface area contributed by atoms with E-state index in [1.54, 1.807) is 27.1 Å². The molecule has 165 valence electrons. The maximum atomic E-state index is 13.0. The van der Waals surface area contributed by atoms with E-state index in [9.17, 15) is 9.36 Å². The van der Waals surface area contributed by atoms with Crippen LogP contribution in [0.2, 0.25) is 0 Å². The number of esters is 1. The minimum absolute atomic E-state index is 0.0000326. The minimum Gasteiger partial charge on any atom is -0.438 e. The molecule has 1 saturated carbocycles. The Hall–Kier alpha value is -2.03. The van der Waals surface area contributed by atoms with E-state index < -0.39 is 25.8 Å². The molecule has 0 bridgehead atoms. The number of carbonyl (C=O) groups excluding carboxylic acids is 1. The Balaban J connectivity index is 1.64. The molecular formula is C19H29N5O5P. The van der Waals surface area contributed by atoms with Crippen molar-refractivity contribution in [3.8, 4) is 0 Å². The fourth-order valence-corrected chi connectivity index (χ4v) is 4.93. The average Bonchev–Trinajstić information content (AvgIpc) is 3.35. The summed E-state index contributed by atoms with van der Waals surface area (Å²) in [5.41, 5.74) is 6.33. The zero-order valence-electron chi connectivity index (χ0n) is 17.8. The molecule has 0 saturated heterocycles. The monoisotopic (exact) mass is 438 g/mol. The quantitative estimate of drug-likeness (QED) is 0.355. The Labute approximate surface area is 176 Å². The van der Waals surface area contributed by atoms with Crippen LogP contribution in [0.5, 0.6) is 0 Å². The summed E-state index contributed by atoms with van der Waals surface area (Å²) in [6, 6.07) is 0. The van der Waals surface area contributed by atoms with Crippen molar-refractivity contribution < 1.29 is 23.1 Å². The first-order valence-corrected chi connectivity index (χ1v) is 11.5. The fraction of sp³-hybridized carbons (Fsp3) is 0.632. The van der Waals surface area contributed by atoms with Crippen LogP contribution in [0, 0.1) is 23.9 Å². The molecule has 10 nitrogen and oxygen atoms in total. The van der Waals surface area contributed by atoms with Gasteiger partial charge in [0, 0.05) is 6.54 Å². The van der Waals surface area contributed by atoms with Crippen molar-refractivity contribution in [1.82, 2.24) is 19.5 Å². The molecule has 1 aliphatic carbocycles. The lowest BCUT2D eigenvalue weighted by molar-refractivity contribution is -0.159. The lowest BCUT2D eigenvalue weighted by Crippen LogP contribution is -2.25. The van der Waals surface area contributed by atoms with Crippen LogP contribution in [0.3, 0.4) is 0 Å². The molecule has 2 aromatic rings. The van der Waals surface area contributed by atoms with Crippen LogP contribution in [0.25, 0.3) is 11.2 Å². The summed E-state index contributed by atoms with van der Waals surface area (Å²) in [7, 11) is -0.215. The van der Waals surface area contributed by atoms with E-state index in [0.717, 1.165) is 12.8 Å². The van der Waals surface area contributed by atoms with Crippen molar-refractivity contribution >= 4 is 30.5 Å². The Bertz CT molecular complexity index is 966. The van der Waals surface area contributed by atoms with Crippen molar-refractivity contribution in [2.45, 2.75) is 47.1 Å². The number of imidazole rings is 1. The molecule has 30 heavy (non-hydrogen) atoms. The third-order valence-electron chi connectivity index (χ3n) is 5.60. The van der Waals surface area contributed by atoms with Gasteiger partial charge in [0.2, 0.25) is 6.79 Å². The Kier molecular flexibility index (Phi) is 6.23. The summed E-state index contributed by atoms with van der Waals surface area (Å²) in [6.07, 6.45) is 5.20. The van der Waals surface area contributed by atoms with Crippen molar-refractivity contribution in [1.29, 1.82) is 0 Å². The first-order valence-electron chi connectivity index (χ1n) is 9.76. The van der Waals surface area contributed by atoms with E-state index in [1.807, 2.05) is 11.5 Å². The highest BCUT2D eigenvalue weighted by molar-refractivity contribution is 7.53. The van der Waals surface area contributed by atoms with E-state index in [0.29, 0.717) is 23.5 Å². The van der Waals surface area contributed by atoms with Crippen molar-refractivity contribution in [3.05, 3.63) is 19.8 Å². The molecule has 2 aromatic heterocycles. The van der Waals surface area contributed by atoms with Gasteiger partial charge in [-0.2, -0.15) is 0 Å². The third-order valence-corrected chi connectivity index (χ3v) is 7.49. The number of nitrogens with two attached hydrogens (primary N) is 1. The van der Waals surface area contributed by atoms with Crippen LogP contribution in [-0.2, 0) is 29.7 Å². The lowest BCUT2D eigenvalue weighted by atomic mass is 9.92. The van der Waals surface area contributed by atoms with Crippen LogP contribution in [-0.4, -0.2) is 38.4 Å². The maximum absolute atomic E-state index is 13.0. The molecule has 0 aromatic carbocycles. The van der Waals surface area contributed by atoms with Gasteiger partial charge in [-0.05, 0) is 44.9 Å². The van der Waals surface area contributed by atoms with Gasteiger partial charge < -0.3 is 19.6 Å². The molecule has 0 spiro atoms. The summed E-state index contributed by atoms with van der Waals surface area (Å²) in [4.78, 5) is 24.4. The number of nitrogen functional groups attached to an aromatic ring is 1. The number of carbonyl (C=O) groups is 1. The normalized spacial score (nSPS) is 18.7. The second-order valence-corrected chi connectivity index (χ2v) is 11.0. The van der Waals surface area contributed by atoms with Gasteiger partial charge in [0.25, 0.3) is 0 Å². The molecule has 1 radical (unpaired) electrons. The van der Waals surface area contributed by atoms with Crippen molar-refractivity contribution in [2.24, 2.45) is 16.7 Å². The molecule has 3 rings (SSSR count). The first-order chi connectivity index (χ1) is 14.0. The zero-order valence-corrected chi connectivity index (χ0v) is 18.7. The average molecular weight is 438 g/mol. The Morgan fingerprint density at radius 2 is 2.07 bits per heavy atom. The second-order valence-electron chi connectivity index (χ2n) is 8.92. The van der Waals surface area contributed by atoms with E-state index >= 15 is 0 Å². The number of ether oxygens (including phenoxy) is 1. The summed E-state index contributed by atoms with van der Waals surface area (Å²) in [6.45, 7) is 7.39. The summed E-state index contributed by atoms with van der Waals surface area (Å²) < 4.78 is 30.3. The molecule has 1 fully saturated rings. The summed E-state index contributed by atoms with van der Waals surface area (Å²) in [5.74, 6) is -0.108. The molecule has 0 aliphatic heterocycles. The van der Waals surface area contributed by atoms with E-state index in [2.05, 4.69) is 22.1 Å². The highest BCUT2D eigenvalue weighted by Gasteiger charge is 2.50. The fourth-order valence-electron chi connectivity index (χ4n) is 3.37. The van der Waals surface area contributed by atoms with Crippen LogP contribution >= 0.6 is 7.60 Å². The van der Waals surface area contributed by atoms with Gasteiger partial charge in [0.05, 0.1) is 25.0 Å². The van der Waals surface area contributed by atoms with Gasteiger partial charge in [-0.15, -0.1) is 0 Å². The number of hydrogen-bond acceptors (Lipinski definition) is 9. The number of anilines is 1. The highest BCUT2D eigenvalue weighted by Crippen LogP contribution is 2.59. The van der Waals surface area contributed by atoms with Crippen LogP contribution in [0.4, 0.5) is 5.82 Å². The van der Waals surface area contributed by atoms with Gasteiger partial charge >= 0.3 is 13.6 Å². The van der Waals surface area contributed by atoms with Gasteiger partial charge in [0.15, 0.2) is 11.5 Å². The summed E-state index contributed by atoms with van der Waals surface area (Å²) in [5, 5.41) is 0. The largest absolute Gasteiger partial charge is 0.438 e. The Morgan fingerprint density at radius 3 is 2.67 bits per heavy atom. The Morgan fingerprint density at radius 1 is 1.37 bits per heavy atom. The molecule has 0 amide bonds. The molecule has 2 N–H and O–H groups in total. The van der Waals surface area contributed by atoms with E-state index in [1.165, 1.54) is 6.33 Å². The predicted octanol–water partition coefficient (Wildman–Crippen LogP) is 3.39. The maximum Gasteiger partial charge on any atom is 0.333 e. The van der Waals surface area contributed by atoms with Crippen LogP contribution in [0.1, 0.15) is 40.5 Å². The number of hydrogen-bond donors (Lipinski definition) is 1. The van der Waals surface area contributed by atoms with Gasteiger partial charge in [0.1, 0.15) is 11.8 Å². The number of rotatable bonds is 9. The molecule has 11 heteroatoms. The third kappa shape index (κ3) is 4.82. The standard InChI is InChI=1S/C19H29N5O5P/c1-13(8-30(26,27-5)29-12-28-17(25)18(2,3)4)19(6-7-19)9-24-11-23-14-15(20)21-10-22-16(14)24/h10-11,13H,5-9,12H2,1-4H3,(H2,20,21,22). The van der Waals surface area contributed by atoms with Crippen LogP contribution in [0.15, 0.2) is 12.7 Å². The van der Waals surface area contributed by atoms with Crippen molar-refractivity contribution in [2.75, 3.05) is 18.7 Å². The summed E-state index contributed by atoms with van der Waals surface area (Å²) >= 11 is 0. The lowest BCUT2D eigenvalue weighted by Gasteiger charge is -2.27. The predicted molar refractivity (Wildman–Crippen MR) is 111 cm³/mol. The molecule has 2 atom stereocenters. The smallest absolute Gasteiger partial charge is 0.333 e. The number of fused-ring (bicyclic) bond motifs is 1. The van der Waals surface area contributed by atoms with Gasteiger partial charge in [-0.25, -0.2) is 15.0 Å². The number of nitrogens with zero attached hydrogens (tertiary/aromatic N) is 4. The van der Waals surface area contributed by atoms with Crippen molar-refractivity contribution in [3.63, 3.8) is 0 Å². The van der Waals surface area contributed by atoms with E-state index in [-0.39, 0.29) is 17.5 Å². The van der Waals surface area contributed by atoms with Gasteiger partial charge in [-0.1, -0.05) is 6.92 Å².